The van der Waals surface area contributed by atoms with Gasteiger partial charge in [0.2, 0.25) is 0 Å². The summed E-state index contributed by atoms with van der Waals surface area (Å²) in [4.78, 5) is 10.4. The van der Waals surface area contributed by atoms with Crippen LogP contribution in [0.25, 0.3) is 0 Å². The van der Waals surface area contributed by atoms with E-state index in [9.17, 15) is 4.79 Å². The molecular formula is C7H10N2O3. The molecule has 1 aromatic rings. The summed E-state index contributed by atoms with van der Waals surface area (Å²) in [5, 5.41) is 14.7. The third-order valence-corrected chi connectivity index (χ3v) is 1.44. The second-order valence-corrected chi connectivity index (χ2v) is 2.42. The van der Waals surface area contributed by atoms with E-state index in [1.807, 2.05) is 0 Å². The average Bonchev–Trinajstić information content (AvgIpc) is 2.51. The van der Waals surface area contributed by atoms with Gasteiger partial charge in [0, 0.05) is 6.07 Å². The van der Waals surface area contributed by atoms with E-state index in [4.69, 9.17) is 9.63 Å². The van der Waals surface area contributed by atoms with Crippen LogP contribution in [0.4, 0.5) is 0 Å². The summed E-state index contributed by atoms with van der Waals surface area (Å²) < 4.78 is 4.76. The van der Waals surface area contributed by atoms with Gasteiger partial charge in [-0.15, -0.1) is 0 Å². The van der Waals surface area contributed by atoms with Crippen LogP contribution < -0.4 is 5.32 Å². The molecule has 0 fully saturated rings. The number of carboxylic acid groups (broad SMARTS) is 1. The lowest BCUT2D eigenvalue weighted by atomic mass is 10.3. The normalized spacial score (nSPS) is 12.8. The molecule has 0 aliphatic rings. The first-order valence-corrected chi connectivity index (χ1v) is 3.56. The molecule has 1 atom stereocenters. The molecule has 2 N–H and O–H groups in total. The van der Waals surface area contributed by atoms with Crippen LogP contribution in [0.3, 0.4) is 0 Å². The van der Waals surface area contributed by atoms with Crippen LogP contribution in [-0.4, -0.2) is 22.3 Å². The predicted octanol–water partition coefficient (Wildman–Crippen LogP) is 0.237. The summed E-state index contributed by atoms with van der Waals surface area (Å²) in [6, 6.07) is 1.11. The zero-order valence-corrected chi connectivity index (χ0v) is 6.65. The van der Waals surface area contributed by atoms with Crippen molar-refractivity contribution >= 4 is 5.97 Å². The molecule has 0 radical (unpaired) electrons. The Hall–Kier alpha value is -1.36. The lowest BCUT2D eigenvalue weighted by Gasteiger charge is -2.05. The summed E-state index contributed by atoms with van der Waals surface area (Å²) in [6.45, 7) is 1.95. The Labute approximate surface area is 69.4 Å². The summed E-state index contributed by atoms with van der Waals surface area (Å²) in [5.74, 6) is -0.252. The second-order valence-electron chi connectivity index (χ2n) is 2.42. The lowest BCUT2D eigenvalue weighted by molar-refractivity contribution is -0.139. The molecule has 0 bridgehead atoms. The van der Waals surface area contributed by atoms with Crippen LogP contribution in [-0.2, 0) is 11.3 Å². The van der Waals surface area contributed by atoms with E-state index in [-0.39, 0.29) is 0 Å². The Bertz CT molecular complexity index is 245. The maximum Gasteiger partial charge on any atom is 0.320 e. The number of carboxylic acids is 1. The van der Waals surface area contributed by atoms with E-state index < -0.39 is 12.0 Å². The van der Waals surface area contributed by atoms with Gasteiger partial charge in [-0.3, -0.25) is 10.1 Å². The standard InChI is InChI=1S/C7H10N2O3/c1-5(7(10)11)8-4-6-2-3-9-12-6/h2-3,5,8H,4H2,1H3,(H,10,11)/t5-/m1/s1. The van der Waals surface area contributed by atoms with Crippen LogP contribution >= 0.6 is 0 Å². The Morgan fingerprint density at radius 1 is 1.92 bits per heavy atom. The fraction of sp³-hybridized carbons (Fsp3) is 0.429. The van der Waals surface area contributed by atoms with Gasteiger partial charge < -0.3 is 9.63 Å². The number of nitrogens with one attached hydrogen (secondary N) is 1. The van der Waals surface area contributed by atoms with Gasteiger partial charge in [-0.2, -0.15) is 0 Å². The lowest BCUT2D eigenvalue weighted by Crippen LogP contribution is -2.32. The number of carbonyl (C=O) groups is 1. The van der Waals surface area contributed by atoms with Crippen molar-refractivity contribution in [2.24, 2.45) is 0 Å². The van der Waals surface area contributed by atoms with Crippen molar-refractivity contribution in [3.63, 3.8) is 0 Å². The SMILES string of the molecule is C[C@@H](NCc1ccno1)C(=O)O. The number of aliphatic carboxylic acids is 1. The molecule has 5 heteroatoms. The molecular weight excluding hydrogens is 160 g/mol. The van der Waals surface area contributed by atoms with E-state index in [1.165, 1.54) is 6.20 Å². The maximum atomic E-state index is 10.4. The molecule has 0 aliphatic carbocycles. The van der Waals surface area contributed by atoms with Gasteiger partial charge >= 0.3 is 5.97 Å². The fourth-order valence-electron chi connectivity index (χ4n) is 0.674. The fourth-order valence-corrected chi connectivity index (χ4v) is 0.674. The van der Waals surface area contributed by atoms with Crippen molar-refractivity contribution < 1.29 is 14.4 Å². The first-order valence-electron chi connectivity index (χ1n) is 3.56. The molecule has 0 unspecified atom stereocenters. The van der Waals surface area contributed by atoms with Crippen LogP contribution in [0, 0.1) is 0 Å². The number of nitrogens with zero attached hydrogens (tertiary/aromatic N) is 1. The van der Waals surface area contributed by atoms with E-state index in [1.54, 1.807) is 13.0 Å². The molecule has 66 valence electrons. The molecule has 5 nitrogen and oxygen atoms in total. The zero-order valence-electron chi connectivity index (χ0n) is 6.65. The van der Waals surface area contributed by atoms with Gasteiger partial charge in [-0.25, -0.2) is 0 Å². The highest BCUT2D eigenvalue weighted by molar-refractivity contribution is 5.72. The minimum Gasteiger partial charge on any atom is -0.480 e. The Morgan fingerprint density at radius 2 is 2.67 bits per heavy atom. The highest BCUT2D eigenvalue weighted by Crippen LogP contribution is 1.95. The minimum atomic E-state index is -0.880. The summed E-state index contributed by atoms with van der Waals surface area (Å²) in [5.41, 5.74) is 0. The number of aromatic nitrogens is 1. The molecule has 0 aliphatic heterocycles. The van der Waals surface area contributed by atoms with E-state index in [0.29, 0.717) is 12.3 Å². The number of hydrogen-bond donors (Lipinski definition) is 2. The Morgan fingerprint density at radius 3 is 3.17 bits per heavy atom. The van der Waals surface area contributed by atoms with Gasteiger partial charge in [0.25, 0.3) is 0 Å². The summed E-state index contributed by atoms with van der Waals surface area (Å²) in [6.07, 6.45) is 1.52. The third kappa shape index (κ3) is 2.35. The molecule has 1 heterocycles. The molecule has 0 aromatic carbocycles. The quantitative estimate of drug-likeness (QED) is 0.676. The monoisotopic (exact) mass is 170 g/mol. The topological polar surface area (TPSA) is 75.4 Å². The zero-order chi connectivity index (χ0) is 8.97. The van der Waals surface area contributed by atoms with Crippen molar-refractivity contribution in [1.29, 1.82) is 0 Å². The smallest absolute Gasteiger partial charge is 0.320 e. The number of rotatable bonds is 4. The average molecular weight is 170 g/mol. The van der Waals surface area contributed by atoms with Crippen LogP contribution in [0.15, 0.2) is 16.8 Å². The molecule has 0 spiro atoms. The van der Waals surface area contributed by atoms with E-state index in [0.717, 1.165) is 0 Å². The van der Waals surface area contributed by atoms with Gasteiger partial charge in [-0.05, 0) is 6.92 Å². The molecule has 0 saturated carbocycles. The van der Waals surface area contributed by atoms with Crippen molar-refractivity contribution in [3.05, 3.63) is 18.0 Å². The molecule has 12 heavy (non-hydrogen) atoms. The predicted molar refractivity (Wildman–Crippen MR) is 40.4 cm³/mol. The van der Waals surface area contributed by atoms with Crippen molar-refractivity contribution in [2.45, 2.75) is 19.5 Å². The third-order valence-electron chi connectivity index (χ3n) is 1.44. The Balaban J connectivity index is 2.31. The minimum absolute atomic E-state index is 0.382. The first-order chi connectivity index (χ1) is 5.70. The van der Waals surface area contributed by atoms with E-state index >= 15 is 0 Å². The highest BCUT2D eigenvalue weighted by Gasteiger charge is 2.09. The van der Waals surface area contributed by atoms with Crippen molar-refractivity contribution in [1.82, 2.24) is 10.5 Å². The maximum absolute atomic E-state index is 10.4. The summed E-state index contributed by atoms with van der Waals surface area (Å²) in [7, 11) is 0. The largest absolute Gasteiger partial charge is 0.480 e. The van der Waals surface area contributed by atoms with Crippen molar-refractivity contribution in [3.8, 4) is 0 Å². The molecule has 0 saturated heterocycles. The first kappa shape index (κ1) is 8.73. The van der Waals surface area contributed by atoms with Crippen LogP contribution in [0.2, 0.25) is 0 Å². The van der Waals surface area contributed by atoms with Gasteiger partial charge in [0.05, 0.1) is 12.7 Å². The highest BCUT2D eigenvalue weighted by atomic mass is 16.5. The van der Waals surface area contributed by atoms with Crippen LogP contribution in [0.1, 0.15) is 12.7 Å². The van der Waals surface area contributed by atoms with E-state index in [2.05, 4.69) is 10.5 Å². The van der Waals surface area contributed by atoms with Crippen LogP contribution in [0.5, 0.6) is 0 Å². The molecule has 1 aromatic heterocycles. The van der Waals surface area contributed by atoms with Crippen molar-refractivity contribution in [2.75, 3.05) is 0 Å². The second kappa shape index (κ2) is 3.87. The van der Waals surface area contributed by atoms with Gasteiger partial charge in [0.15, 0.2) is 0 Å². The molecule has 1 rings (SSSR count). The summed E-state index contributed by atoms with van der Waals surface area (Å²) >= 11 is 0. The van der Waals surface area contributed by atoms with Gasteiger partial charge in [0.1, 0.15) is 11.8 Å². The van der Waals surface area contributed by atoms with Gasteiger partial charge in [-0.1, -0.05) is 5.16 Å². The number of hydrogen-bond acceptors (Lipinski definition) is 4. The Kier molecular flexibility index (Phi) is 2.82. The molecule has 0 amide bonds.